The summed E-state index contributed by atoms with van der Waals surface area (Å²) in [5.41, 5.74) is 14.8. The number of aryl methyl sites for hydroxylation is 3. The second kappa shape index (κ2) is 8.80. The first-order chi connectivity index (χ1) is 14.6. The van der Waals surface area contributed by atoms with Crippen molar-refractivity contribution in [1.82, 2.24) is 9.97 Å². The number of hydrogen-bond donors (Lipinski definition) is 3. The molecule has 0 aliphatic heterocycles. The molecule has 4 aromatic rings. The third-order valence-electron chi connectivity index (χ3n) is 5.67. The van der Waals surface area contributed by atoms with Crippen molar-refractivity contribution in [2.45, 2.75) is 39.5 Å². The summed E-state index contributed by atoms with van der Waals surface area (Å²) < 4.78 is 0. The third kappa shape index (κ3) is 4.14. The maximum Gasteiger partial charge on any atom is 0.0661 e. The monoisotopic (exact) mass is 418 g/mol. The number of benzene rings is 2. The topological polar surface area (TPSA) is 66.7 Å². The second-order valence-corrected chi connectivity index (χ2v) is 8.07. The van der Waals surface area contributed by atoms with Gasteiger partial charge in [-0.1, -0.05) is 36.7 Å². The van der Waals surface area contributed by atoms with E-state index in [1.54, 1.807) is 6.07 Å². The number of hydrogen-bond acceptors (Lipinski definition) is 3. The Morgan fingerprint density at radius 3 is 2.80 bits per heavy atom. The molecule has 5 rings (SSSR count). The molecule has 0 unspecified atom stereocenters. The quantitative estimate of drug-likeness (QED) is 0.329. The SMILES string of the molecule is CCc1c[nH]c2ccccc12.Cc1cc(Nc2ccnc3c2CCC3)c(Cl)cc1N. The molecule has 0 saturated heterocycles. The number of nitrogens with zero attached hydrogens (tertiary/aromatic N) is 1. The molecule has 4 N–H and O–H groups in total. The molecule has 2 aromatic heterocycles. The minimum absolute atomic E-state index is 0.645. The Hall–Kier alpha value is -2.98. The van der Waals surface area contributed by atoms with Crippen molar-refractivity contribution < 1.29 is 0 Å². The zero-order valence-electron chi connectivity index (χ0n) is 17.4. The highest BCUT2D eigenvalue weighted by Gasteiger charge is 2.16. The molecule has 0 atom stereocenters. The summed E-state index contributed by atoms with van der Waals surface area (Å²) in [6, 6.07) is 14.2. The van der Waals surface area contributed by atoms with Crippen LogP contribution in [0.2, 0.25) is 5.02 Å². The number of nitrogens with one attached hydrogen (secondary N) is 2. The van der Waals surface area contributed by atoms with Gasteiger partial charge in [-0.2, -0.15) is 0 Å². The van der Waals surface area contributed by atoms with Crippen LogP contribution in [0.3, 0.4) is 0 Å². The minimum Gasteiger partial charge on any atom is -0.398 e. The average molecular weight is 419 g/mol. The van der Waals surface area contributed by atoms with E-state index in [1.165, 1.54) is 34.1 Å². The van der Waals surface area contributed by atoms with E-state index in [-0.39, 0.29) is 0 Å². The number of H-pyrrole nitrogens is 1. The van der Waals surface area contributed by atoms with Crippen LogP contribution in [0.15, 0.2) is 54.9 Å². The van der Waals surface area contributed by atoms with Crippen LogP contribution in [0, 0.1) is 6.92 Å². The van der Waals surface area contributed by atoms with Gasteiger partial charge in [-0.3, -0.25) is 4.98 Å². The molecular weight excluding hydrogens is 392 g/mol. The van der Waals surface area contributed by atoms with E-state index < -0.39 is 0 Å². The Labute approximate surface area is 182 Å². The molecule has 0 fully saturated rings. The van der Waals surface area contributed by atoms with E-state index >= 15 is 0 Å². The van der Waals surface area contributed by atoms with Crippen molar-refractivity contribution in [3.05, 3.63) is 82.3 Å². The summed E-state index contributed by atoms with van der Waals surface area (Å²) in [6.45, 7) is 4.16. The lowest BCUT2D eigenvalue weighted by molar-refractivity contribution is 0.899. The lowest BCUT2D eigenvalue weighted by Gasteiger charge is -2.13. The first-order valence-corrected chi connectivity index (χ1v) is 10.8. The van der Waals surface area contributed by atoms with Gasteiger partial charge in [0.15, 0.2) is 0 Å². The Balaban J connectivity index is 0.000000168. The molecule has 30 heavy (non-hydrogen) atoms. The van der Waals surface area contributed by atoms with E-state index in [1.807, 2.05) is 25.3 Å². The zero-order chi connectivity index (χ0) is 21.1. The van der Waals surface area contributed by atoms with Gasteiger partial charge < -0.3 is 16.0 Å². The minimum atomic E-state index is 0.645. The number of nitrogen functional groups attached to an aromatic ring is 1. The molecule has 0 radical (unpaired) electrons. The van der Waals surface area contributed by atoms with Crippen LogP contribution in [0.5, 0.6) is 0 Å². The van der Waals surface area contributed by atoms with Crippen LogP contribution >= 0.6 is 11.6 Å². The number of halogens is 1. The Morgan fingerprint density at radius 2 is 1.97 bits per heavy atom. The summed E-state index contributed by atoms with van der Waals surface area (Å²) in [6.07, 6.45) is 8.37. The van der Waals surface area contributed by atoms with Gasteiger partial charge in [-0.05, 0) is 73.6 Å². The molecule has 0 saturated carbocycles. The molecule has 1 aliphatic rings. The summed E-state index contributed by atoms with van der Waals surface area (Å²) in [7, 11) is 0. The van der Waals surface area contributed by atoms with Crippen LogP contribution in [-0.4, -0.2) is 9.97 Å². The number of fused-ring (bicyclic) bond motifs is 2. The molecule has 4 nitrogen and oxygen atoms in total. The van der Waals surface area contributed by atoms with Crippen molar-refractivity contribution in [1.29, 1.82) is 0 Å². The third-order valence-corrected chi connectivity index (χ3v) is 5.98. The fourth-order valence-corrected chi connectivity index (χ4v) is 4.16. The van der Waals surface area contributed by atoms with Gasteiger partial charge in [-0.15, -0.1) is 0 Å². The molecule has 0 spiro atoms. The maximum absolute atomic E-state index is 6.24. The van der Waals surface area contributed by atoms with Crippen LogP contribution in [0.1, 0.15) is 35.7 Å². The van der Waals surface area contributed by atoms with Crippen molar-refractivity contribution >= 4 is 39.6 Å². The lowest BCUT2D eigenvalue weighted by Crippen LogP contribution is -1.99. The Kier molecular flexibility index (Phi) is 5.96. The van der Waals surface area contributed by atoms with E-state index in [9.17, 15) is 0 Å². The van der Waals surface area contributed by atoms with Gasteiger partial charge in [-0.25, -0.2) is 0 Å². The molecule has 0 amide bonds. The predicted molar refractivity (Wildman–Crippen MR) is 128 cm³/mol. The van der Waals surface area contributed by atoms with Crippen LogP contribution in [0.4, 0.5) is 17.1 Å². The molecule has 2 heterocycles. The van der Waals surface area contributed by atoms with E-state index in [2.05, 4.69) is 52.7 Å². The number of para-hydroxylation sites is 1. The number of nitrogens with two attached hydrogens (primary N) is 1. The van der Waals surface area contributed by atoms with Gasteiger partial charge in [0.05, 0.1) is 10.7 Å². The molecule has 0 bridgehead atoms. The largest absolute Gasteiger partial charge is 0.398 e. The summed E-state index contributed by atoms with van der Waals surface area (Å²) in [5, 5.41) is 5.41. The van der Waals surface area contributed by atoms with Gasteiger partial charge in [0, 0.05) is 40.4 Å². The van der Waals surface area contributed by atoms with Crippen molar-refractivity contribution in [3.8, 4) is 0 Å². The second-order valence-electron chi connectivity index (χ2n) is 7.66. The van der Waals surface area contributed by atoms with Gasteiger partial charge in [0.1, 0.15) is 0 Å². The predicted octanol–water partition coefficient (Wildman–Crippen LogP) is 6.59. The highest BCUT2D eigenvalue weighted by atomic mass is 35.5. The zero-order valence-corrected chi connectivity index (χ0v) is 18.2. The molecule has 154 valence electrons. The van der Waals surface area contributed by atoms with Gasteiger partial charge >= 0.3 is 0 Å². The van der Waals surface area contributed by atoms with Crippen LogP contribution < -0.4 is 11.1 Å². The molecule has 5 heteroatoms. The highest BCUT2D eigenvalue weighted by molar-refractivity contribution is 6.33. The van der Waals surface area contributed by atoms with Crippen molar-refractivity contribution in [2.75, 3.05) is 11.1 Å². The van der Waals surface area contributed by atoms with Crippen LogP contribution in [-0.2, 0) is 19.3 Å². The Bertz CT molecular complexity index is 1180. The number of aromatic amines is 1. The van der Waals surface area contributed by atoms with Crippen molar-refractivity contribution in [3.63, 3.8) is 0 Å². The van der Waals surface area contributed by atoms with Crippen LogP contribution in [0.25, 0.3) is 10.9 Å². The number of anilines is 3. The fourth-order valence-electron chi connectivity index (χ4n) is 3.94. The van der Waals surface area contributed by atoms with E-state index in [0.29, 0.717) is 5.02 Å². The lowest BCUT2D eigenvalue weighted by atomic mass is 10.1. The maximum atomic E-state index is 6.24. The fraction of sp³-hybridized carbons (Fsp3) is 0.240. The molecule has 2 aromatic carbocycles. The standard InChI is InChI=1S/C15H16ClN3.C10H11N/c1-9-7-15(11(16)8-12(9)17)19-14-5-6-18-13-4-2-3-10(13)14;1-2-8-7-11-10-6-4-3-5-9(8)10/h5-8H,2-4,17H2,1H3,(H,18,19);3-7,11H,2H2,1H3. The first-order valence-electron chi connectivity index (χ1n) is 10.4. The molecule has 1 aliphatic carbocycles. The summed E-state index contributed by atoms with van der Waals surface area (Å²) in [4.78, 5) is 7.66. The van der Waals surface area contributed by atoms with Gasteiger partial charge in [0.2, 0.25) is 0 Å². The van der Waals surface area contributed by atoms with Gasteiger partial charge in [0.25, 0.3) is 0 Å². The van der Waals surface area contributed by atoms with Crippen molar-refractivity contribution in [2.24, 2.45) is 0 Å². The van der Waals surface area contributed by atoms with E-state index in [0.717, 1.165) is 41.9 Å². The van der Waals surface area contributed by atoms with E-state index in [4.69, 9.17) is 17.3 Å². The Morgan fingerprint density at radius 1 is 1.13 bits per heavy atom. The number of rotatable bonds is 3. The summed E-state index contributed by atoms with van der Waals surface area (Å²) >= 11 is 6.24. The molecular formula is C25H27ClN4. The number of pyridine rings is 1. The average Bonchev–Trinajstić information content (AvgIpc) is 3.40. The smallest absolute Gasteiger partial charge is 0.0661 e. The number of aromatic nitrogens is 2. The normalized spacial score (nSPS) is 12.4. The highest BCUT2D eigenvalue weighted by Crippen LogP contribution is 2.33. The summed E-state index contributed by atoms with van der Waals surface area (Å²) in [5.74, 6) is 0. The first kappa shape index (κ1) is 20.3.